The fourth-order valence-corrected chi connectivity index (χ4v) is 4.80. The minimum Gasteiger partial charge on any atom is -0.376 e. The highest BCUT2D eigenvalue weighted by molar-refractivity contribution is 6.32. The number of amides is 3. The normalized spacial score (nSPS) is 23.5. The monoisotopic (exact) mass is 443 g/mol. The van der Waals surface area contributed by atoms with Gasteiger partial charge in [-0.25, -0.2) is 4.79 Å². The molecular formula is C23H26ClN3O4. The van der Waals surface area contributed by atoms with Crippen molar-refractivity contribution >= 4 is 29.3 Å². The predicted octanol–water partition coefficient (Wildman–Crippen LogP) is 3.59. The van der Waals surface area contributed by atoms with Gasteiger partial charge in [0, 0.05) is 40.7 Å². The number of hydrogen-bond acceptors (Lipinski definition) is 4. The van der Waals surface area contributed by atoms with Crippen LogP contribution in [0.5, 0.6) is 0 Å². The number of benzene rings is 1. The fraction of sp³-hybridized carbons (Fsp3) is 0.435. The van der Waals surface area contributed by atoms with Crippen LogP contribution in [-0.2, 0) is 21.6 Å². The van der Waals surface area contributed by atoms with Crippen LogP contribution in [0.3, 0.4) is 0 Å². The van der Waals surface area contributed by atoms with Gasteiger partial charge in [-0.1, -0.05) is 29.8 Å². The maximum atomic E-state index is 13.2. The van der Waals surface area contributed by atoms with Crippen LogP contribution in [-0.4, -0.2) is 46.4 Å². The van der Waals surface area contributed by atoms with E-state index in [1.807, 2.05) is 19.9 Å². The van der Waals surface area contributed by atoms with Crippen LogP contribution in [0.4, 0.5) is 4.79 Å². The maximum Gasteiger partial charge on any atom is 0.325 e. The number of urea groups is 1. The molecule has 0 saturated carbocycles. The number of ether oxygens (including phenoxy) is 1. The summed E-state index contributed by atoms with van der Waals surface area (Å²) in [5.74, 6) is -0.772. The van der Waals surface area contributed by atoms with Crippen molar-refractivity contribution in [3.8, 4) is 0 Å². The van der Waals surface area contributed by atoms with E-state index in [2.05, 4.69) is 9.88 Å². The summed E-state index contributed by atoms with van der Waals surface area (Å²) >= 11 is 6.27. The Labute approximate surface area is 186 Å². The van der Waals surface area contributed by atoms with Crippen LogP contribution in [0.2, 0.25) is 5.02 Å². The quantitative estimate of drug-likeness (QED) is 0.546. The summed E-state index contributed by atoms with van der Waals surface area (Å²) in [4.78, 5) is 39.8. The summed E-state index contributed by atoms with van der Waals surface area (Å²) < 4.78 is 7.80. The molecule has 3 amide bonds. The minimum atomic E-state index is -1.31. The summed E-state index contributed by atoms with van der Waals surface area (Å²) in [6.07, 6.45) is 2.20. The molecule has 0 unspecified atom stereocenters. The molecule has 4 rings (SSSR count). The van der Waals surface area contributed by atoms with Crippen molar-refractivity contribution in [3.05, 3.63) is 57.9 Å². The molecule has 8 heteroatoms. The second-order valence-corrected chi connectivity index (χ2v) is 8.79. The van der Waals surface area contributed by atoms with E-state index >= 15 is 0 Å². The number of rotatable bonds is 6. The van der Waals surface area contributed by atoms with Gasteiger partial charge in [0.25, 0.3) is 5.91 Å². The number of nitrogens with zero attached hydrogens (tertiary/aromatic N) is 2. The topological polar surface area (TPSA) is 80.6 Å². The van der Waals surface area contributed by atoms with Gasteiger partial charge in [-0.2, -0.15) is 0 Å². The number of Topliss-reactive ketones (excluding diaryl/α,β-unsaturated/α-hetero) is 1. The Kier molecular flexibility index (Phi) is 5.66. The standard InChI is InChI=1S/C23H26ClN3O4/c1-14-11-17(15(2)26(14)12-16-7-6-10-31-16)20(28)13-27-21(29)23(3,25-22(27)30)18-8-4-5-9-19(18)24/h4-5,8-9,11,16H,6-7,10,12-13H2,1-3H3,(H,25,30)/t16-,23-/m1/s1. The molecule has 2 saturated heterocycles. The molecule has 3 heterocycles. The van der Waals surface area contributed by atoms with Crippen molar-refractivity contribution in [2.45, 2.75) is 51.8 Å². The van der Waals surface area contributed by atoms with Gasteiger partial charge in [0.2, 0.25) is 0 Å². The van der Waals surface area contributed by atoms with Crippen LogP contribution < -0.4 is 5.32 Å². The first-order chi connectivity index (χ1) is 14.7. The average molecular weight is 444 g/mol. The number of aryl methyl sites for hydroxylation is 1. The maximum absolute atomic E-state index is 13.2. The Morgan fingerprint density at radius 1 is 1.29 bits per heavy atom. The number of carbonyl (C=O) groups is 3. The van der Waals surface area contributed by atoms with Crippen molar-refractivity contribution in [3.63, 3.8) is 0 Å². The molecule has 2 fully saturated rings. The second kappa shape index (κ2) is 8.13. The Bertz CT molecular complexity index is 1060. The zero-order valence-corrected chi connectivity index (χ0v) is 18.7. The first-order valence-electron chi connectivity index (χ1n) is 10.4. The Hall–Kier alpha value is -2.64. The molecular weight excluding hydrogens is 418 g/mol. The summed E-state index contributed by atoms with van der Waals surface area (Å²) in [5.41, 5.74) is 1.47. The van der Waals surface area contributed by atoms with Crippen LogP contribution in [0.25, 0.3) is 0 Å². The van der Waals surface area contributed by atoms with Crippen molar-refractivity contribution in [2.24, 2.45) is 0 Å². The van der Waals surface area contributed by atoms with Gasteiger partial charge in [0.15, 0.2) is 5.78 Å². The molecule has 2 atom stereocenters. The van der Waals surface area contributed by atoms with E-state index < -0.39 is 17.5 Å². The van der Waals surface area contributed by atoms with E-state index in [9.17, 15) is 14.4 Å². The van der Waals surface area contributed by atoms with Crippen molar-refractivity contribution in [1.82, 2.24) is 14.8 Å². The molecule has 2 aliphatic heterocycles. The number of ketones is 1. The molecule has 1 N–H and O–H groups in total. The largest absolute Gasteiger partial charge is 0.376 e. The third kappa shape index (κ3) is 3.77. The van der Waals surface area contributed by atoms with Crippen molar-refractivity contribution in [2.75, 3.05) is 13.2 Å². The smallest absolute Gasteiger partial charge is 0.325 e. The lowest BCUT2D eigenvalue weighted by Crippen LogP contribution is -2.41. The molecule has 2 aliphatic rings. The molecule has 1 aromatic carbocycles. The molecule has 1 aromatic heterocycles. The van der Waals surface area contributed by atoms with E-state index in [0.29, 0.717) is 22.7 Å². The molecule has 0 aliphatic carbocycles. The molecule has 31 heavy (non-hydrogen) atoms. The highest BCUT2D eigenvalue weighted by Crippen LogP contribution is 2.33. The first-order valence-corrected chi connectivity index (χ1v) is 10.8. The lowest BCUT2D eigenvalue weighted by atomic mass is 9.92. The van der Waals surface area contributed by atoms with Gasteiger partial charge in [-0.15, -0.1) is 0 Å². The lowest BCUT2D eigenvalue weighted by Gasteiger charge is -2.23. The highest BCUT2D eigenvalue weighted by atomic mass is 35.5. The minimum absolute atomic E-state index is 0.148. The van der Waals surface area contributed by atoms with E-state index in [0.717, 1.165) is 35.7 Å². The van der Waals surface area contributed by atoms with Crippen molar-refractivity contribution in [1.29, 1.82) is 0 Å². The van der Waals surface area contributed by atoms with Gasteiger partial charge < -0.3 is 14.6 Å². The zero-order chi connectivity index (χ0) is 22.3. The van der Waals surface area contributed by atoms with Crippen LogP contribution in [0, 0.1) is 13.8 Å². The Morgan fingerprint density at radius 2 is 2.03 bits per heavy atom. The van der Waals surface area contributed by atoms with E-state index in [4.69, 9.17) is 16.3 Å². The zero-order valence-electron chi connectivity index (χ0n) is 17.9. The van der Waals surface area contributed by atoms with Gasteiger partial charge in [0.1, 0.15) is 5.54 Å². The molecule has 0 spiro atoms. The van der Waals surface area contributed by atoms with Gasteiger partial charge >= 0.3 is 6.03 Å². The number of nitrogens with one attached hydrogen (secondary N) is 1. The van der Waals surface area contributed by atoms with Gasteiger partial charge in [0.05, 0.1) is 12.6 Å². The summed E-state index contributed by atoms with van der Waals surface area (Å²) in [7, 11) is 0. The first kappa shape index (κ1) is 21.6. The van der Waals surface area contributed by atoms with E-state index in [-0.39, 0.29) is 18.4 Å². The molecule has 0 radical (unpaired) electrons. The fourth-order valence-electron chi connectivity index (χ4n) is 4.47. The van der Waals surface area contributed by atoms with Gasteiger partial charge in [-0.3, -0.25) is 14.5 Å². The summed E-state index contributed by atoms with van der Waals surface area (Å²) in [6, 6.07) is 8.09. The number of hydrogen-bond donors (Lipinski definition) is 1. The van der Waals surface area contributed by atoms with E-state index in [1.54, 1.807) is 31.2 Å². The van der Waals surface area contributed by atoms with Crippen LogP contribution in [0.1, 0.15) is 47.1 Å². The predicted molar refractivity (Wildman–Crippen MR) is 116 cm³/mol. The molecule has 7 nitrogen and oxygen atoms in total. The molecule has 0 bridgehead atoms. The third-order valence-corrected chi connectivity index (χ3v) is 6.60. The Balaban J connectivity index is 1.54. The molecule has 164 valence electrons. The lowest BCUT2D eigenvalue weighted by molar-refractivity contribution is -0.130. The van der Waals surface area contributed by atoms with Gasteiger partial charge in [-0.05, 0) is 45.7 Å². The SMILES string of the molecule is Cc1cc(C(=O)CN2C(=O)N[C@](C)(c3ccccc3Cl)C2=O)c(C)n1C[C@H]1CCCO1. The number of halogens is 1. The third-order valence-electron chi connectivity index (χ3n) is 6.27. The number of carbonyl (C=O) groups excluding carboxylic acids is 3. The van der Waals surface area contributed by atoms with Crippen LogP contribution in [0.15, 0.2) is 30.3 Å². The Morgan fingerprint density at radius 3 is 2.71 bits per heavy atom. The van der Waals surface area contributed by atoms with Crippen molar-refractivity contribution < 1.29 is 19.1 Å². The summed E-state index contributed by atoms with van der Waals surface area (Å²) in [5, 5.41) is 3.08. The summed E-state index contributed by atoms with van der Waals surface area (Å²) in [6.45, 7) is 6.57. The number of aromatic nitrogens is 1. The van der Waals surface area contributed by atoms with Crippen LogP contribution >= 0.6 is 11.6 Å². The average Bonchev–Trinajstić information content (AvgIpc) is 3.40. The highest BCUT2D eigenvalue weighted by Gasteiger charge is 2.50. The van der Waals surface area contributed by atoms with E-state index in [1.165, 1.54) is 0 Å². The molecule has 2 aromatic rings. The number of imide groups is 1. The second-order valence-electron chi connectivity index (χ2n) is 8.38.